The van der Waals surface area contributed by atoms with Crippen molar-refractivity contribution < 1.29 is 9.84 Å². The van der Waals surface area contributed by atoms with Crippen molar-refractivity contribution in [2.75, 3.05) is 6.61 Å². The lowest BCUT2D eigenvalue weighted by molar-refractivity contribution is 0.00326. The minimum atomic E-state index is -0.926. The number of aliphatic hydroxyl groups is 1. The summed E-state index contributed by atoms with van der Waals surface area (Å²) < 4.78 is 5.50. The van der Waals surface area contributed by atoms with E-state index in [4.69, 9.17) is 4.74 Å². The highest BCUT2D eigenvalue weighted by Gasteiger charge is 2.44. The molecule has 1 aromatic heterocycles. The molecule has 4 nitrogen and oxygen atoms in total. The third-order valence-corrected chi connectivity index (χ3v) is 2.52. The summed E-state index contributed by atoms with van der Waals surface area (Å²) in [5.74, 6) is 0. The van der Waals surface area contributed by atoms with Crippen LogP contribution in [0.5, 0.6) is 0 Å². The summed E-state index contributed by atoms with van der Waals surface area (Å²) in [7, 11) is 0. The van der Waals surface area contributed by atoms with Crippen molar-refractivity contribution in [2.45, 2.75) is 31.5 Å². The minimum Gasteiger partial charge on any atom is -0.383 e. The fourth-order valence-corrected chi connectivity index (χ4v) is 1.85. The van der Waals surface area contributed by atoms with Crippen LogP contribution in [-0.2, 0) is 10.3 Å². The van der Waals surface area contributed by atoms with Gasteiger partial charge in [0.25, 0.3) is 0 Å². The van der Waals surface area contributed by atoms with Crippen LogP contribution in [0.15, 0.2) is 18.7 Å². The number of hydrogen-bond donors (Lipinski definition) is 1. The molecular weight excluding hydrogens is 180 g/mol. The Hall–Kier alpha value is -1.00. The van der Waals surface area contributed by atoms with Gasteiger partial charge in [-0.3, -0.25) is 0 Å². The summed E-state index contributed by atoms with van der Waals surface area (Å²) in [6, 6.07) is 0. The Bertz CT molecular complexity index is 326. The topological polar surface area (TPSA) is 55.2 Å². The van der Waals surface area contributed by atoms with E-state index in [1.54, 1.807) is 12.4 Å². The van der Waals surface area contributed by atoms with Crippen LogP contribution in [0.2, 0.25) is 0 Å². The SMILES string of the molecule is CC1(C)CC(O)(c2cncnc2)CO1. The highest BCUT2D eigenvalue weighted by atomic mass is 16.5. The molecule has 14 heavy (non-hydrogen) atoms. The molecule has 0 radical (unpaired) electrons. The van der Waals surface area contributed by atoms with E-state index in [1.807, 2.05) is 13.8 Å². The maximum atomic E-state index is 10.3. The third-order valence-electron chi connectivity index (χ3n) is 2.52. The lowest BCUT2D eigenvalue weighted by Gasteiger charge is -2.21. The van der Waals surface area contributed by atoms with Crippen molar-refractivity contribution in [3.05, 3.63) is 24.3 Å². The Morgan fingerprint density at radius 2 is 2.00 bits per heavy atom. The molecule has 0 aliphatic carbocycles. The average molecular weight is 194 g/mol. The second-order valence-electron chi connectivity index (χ2n) is 4.38. The molecule has 0 saturated carbocycles. The van der Waals surface area contributed by atoms with Crippen LogP contribution in [0, 0.1) is 0 Å². The van der Waals surface area contributed by atoms with Crippen molar-refractivity contribution >= 4 is 0 Å². The molecule has 1 fully saturated rings. The molecule has 1 N–H and O–H groups in total. The Kier molecular flexibility index (Phi) is 2.05. The number of nitrogens with zero attached hydrogens (tertiary/aromatic N) is 2. The molecule has 0 spiro atoms. The highest BCUT2D eigenvalue weighted by Crippen LogP contribution is 2.38. The standard InChI is InChI=1S/C10H14N2O2/c1-9(2)5-10(13,6-14-9)8-3-11-7-12-4-8/h3-4,7,13H,5-6H2,1-2H3. The van der Waals surface area contributed by atoms with Gasteiger partial charge in [0.05, 0.1) is 12.2 Å². The summed E-state index contributed by atoms with van der Waals surface area (Å²) in [6.45, 7) is 4.25. The summed E-state index contributed by atoms with van der Waals surface area (Å²) >= 11 is 0. The largest absolute Gasteiger partial charge is 0.383 e. The average Bonchev–Trinajstić information content (AvgIpc) is 2.44. The maximum Gasteiger partial charge on any atom is 0.119 e. The molecule has 0 bridgehead atoms. The summed E-state index contributed by atoms with van der Waals surface area (Å²) in [4.78, 5) is 7.79. The van der Waals surface area contributed by atoms with Crippen molar-refractivity contribution in [3.8, 4) is 0 Å². The molecule has 1 unspecified atom stereocenters. The smallest absolute Gasteiger partial charge is 0.119 e. The van der Waals surface area contributed by atoms with Gasteiger partial charge in [0.1, 0.15) is 11.9 Å². The maximum absolute atomic E-state index is 10.3. The zero-order chi connectivity index (χ0) is 10.2. The molecule has 4 heteroatoms. The zero-order valence-corrected chi connectivity index (χ0v) is 8.40. The number of aromatic nitrogens is 2. The van der Waals surface area contributed by atoms with E-state index in [0.29, 0.717) is 13.0 Å². The fraction of sp³-hybridized carbons (Fsp3) is 0.600. The molecule has 0 amide bonds. The van der Waals surface area contributed by atoms with E-state index < -0.39 is 5.60 Å². The number of hydrogen-bond acceptors (Lipinski definition) is 4. The second kappa shape index (κ2) is 3.00. The predicted molar refractivity (Wildman–Crippen MR) is 50.6 cm³/mol. The molecule has 1 aliphatic rings. The monoisotopic (exact) mass is 194 g/mol. The van der Waals surface area contributed by atoms with E-state index in [1.165, 1.54) is 6.33 Å². The highest BCUT2D eigenvalue weighted by molar-refractivity contribution is 5.17. The first-order chi connectivity index (χ1) is 6.52. The first-order valence-corrected chi connectivity index (χ1v) is 4.64. The number of ether oxygens (including phenoxy) is 1. The van der Waals surface area contributed by atoms with E-state index >= 15 is 0 Å². The minimum absolute atomic E-state index is 0.273. The zero-order valence-electron chi connectivity index (χ0n) is 8.40. The van der Waals surface area contributed by atoms with Gasteiger partial charge in [-0.2, -0.15) is 0 Å². The Labute approximate surface area is 83.0 Å². The molecule has 1 aromatic rings. The Morgan fingerprint density at radius 3 is 2.50 bits per heavy atom. The first kappa shape index (κ1) is 9.55. The van der Waals surface area contributed by atoms with Gasteiger partial charge in [0.15, 0.2) is 0 Å². The van der Waals surface area contributed by atoms with Crippen molar-refractivity contribution in [3.63, 3.8) is 0 Å². The van der Waals surface area contributed by atoms with Gasteiger partial charge in [-0.05, 0) is 13.8 Å². The molecule has 76 valence electrons. The van der Waals surface area contributed by atoms with E-state index in [2.05, 4.69) is 9.97 Å². The van der Waals surface area contributed by atoms with Gasteiger partial charge in [-0.15, -0.1) is 0 Å². The molecule has 1 saturated heterocycles. The quantitative estimate of drug-likeness (QED) is 0.720. The molecule has 2 rings (SSSR count). The van der Waals surface area contributed by atoms with Crippen LogP contribution in [0.3, 0.4) is 0 Å². The van der Waals surface area contributed by atoms with Gasteiger partial charge in [0, 0.05) is 24.4 Å². The van der Waals surface area contributed by atoms with Crippen molar-refractivity contribution in [1.82, 2.24) is 9.97 Å². The molecular formula is C10H14N2O2. The van der Waals surface area contributed by atoms with Gasteiger partial charge >= 0.3 is 0 Å². The van der Waals surface area contributed by atoms with Crippen LogP contribution in [0.4, 0.5) is 0 Å². The predicted octanol–water partition coefficient (Wildman–Crippen LogP) is 0.863. The normalized spacial score (nSPS) is 30.5. The Balaban J connectivity index is 2.27. The summed E-state index contributed by atoms with van der Waals surface area (Å²) in [6.07, 6.45) is 5.30. The lowest BCUT2D eigenvalue weighted by atomic mass is 9.89. The first-order valence-electron chi connectivity index (χ1n) is 4.64. The second-order valence-corrected chi connectivity index (χ2v) is 4.38. The van der Waals surface area contributed by atoms with E-state index in [9.17, 15) is 5.11 Å². The van der Waals surface area contributed by atoms with Gasteiger partial charge < -0.3 is 9.84 Å². The van der Waals surface area contributed by atoms with Gasteiger partial charge in [-0.25, -0.2) is 9.97 Å². The molecule has 2 heterocycles. The third kappa shape index (κ3) is 1.63. The van der Waals surface area contributed by atoms with Gasteiger partial charge in [0.2, 0.25) is 0 Å². The Morgan fingerprint density at radius 1 is 1.36 bits per heavy atom. The van der Waals surface area contributed by atoms with Crippen molar-refractivity contribution in [1.29, 1.82) is 0 Å². The van der Waals surface area contributed by atoms with Crippen LogP contribution in [0.25, 0.3) is 0 Å². The molecule has 1 atom stereocenters. The summed E-state index contributed by atoms with van der Waals surface area (Å²) in [5.41, 5.74) is -0.472. The molecule has 0 aromatic carbocycles. The molecule has 1 aliphatic heterocycles. The summed E-state index contributed by atoms with van der Waals surface area (Å²) in [5, 5.41) is 10.3. The van der Waals surface area contributed by atoms with E-state index in [0.717, 1.165) is 5.56 Å². The van der Waals surface area contributed by atoms with Crippen LogP contribution in [-0.4, -0.2) is 27.3 Å². The lowest BCUT2D eigenvalue weighted by Crippen LogP contribution is -2.28. The van der Waals surface area contributed by atoms with E-state index in [-0.39, 0.29) is 5.60 Å². The van der Waals surface area contributed by atoms with Crippen LogP contribution in [0.1, 0.15) is 25.8 Å². The van der Waals surface area contributed by atoms with Crippen molar-refractivity contribution in [2.24, 2.45) is 0 Å². The van der Waals surface area contributed by atoms with Crippen LogP contribution >= 0.6 is 0 Å². The number of rotatable bonds is 1. The van der Waals surface area contributed by atoms with Gasteiger partial charge in [-0.1, -0.05) is 0 Å². The fourth-order valence-electron chi connectivity index (χ4n) is 1.85. The van der Waals surface area contributed by atoms with Crippen LogP contribution < -0.4 is 0 Å².